The first kappa shape index (κ1) is 14.7. The van der Waals surface area contributed by atoms with Gasteiger partial charge in [-0.15, -0.1) is 11.6 Å². The minimum Gasteiger partial charge on any atom is -0.113 e. The third-order valence-electron chi connectivity index (χ3n) is 3.17. The Morgan fingerprint density at radius 3 is 1.74 bits per heavy atom. The van der Waals surface area contributed by atoms with Gasteiger partial charge in [0.15, 0.2) is 0 Å². The van der Waals surface area contributed by atoms with E-state index in [0.29, 0.717) is 10.0 Å². The Balaban J connectivity index is 2.52. The van der Waals surface area contributed by atoms with E-state index in [9.17, 15) is 0 Å². The van der Waals surface area contributed by atoms with Gasteiger partial charge >= 0.3 is 0 Å². The maximum atomic E-state index is 6.62. The van der Waals surface area contributed by atoms with Crippen molar-refractivity contribution < 1.29 is 0 Å². The van der Waals surface area contributed by atoms with Gasteiger partial charge in [-0.25, -0.2) is 0 Å². The fraction of sp³-hybridized carbons (Fsp3) is 0.250. The Morgan fingerprint density at radius 1 is 0.789 bits per heavy atom. The van der Waals surface area contributed by atoms with Crippen molar-refractivity contribution in [3.8, 4) is 0 Å². The molecule has 0 saturated carbocycles. The molecule has 0 aromatic heterocycles. The van der Waals surface area contributed by atoms with Crippen LogP contribution in [0.3, 0.4) is 0 Å². The summed E-state index contributed by atoms with van der Waals surface area (Å²) in [7, 11) is 0. The summed E-state index contributed by atoms with van der Waals surface area (Å²) in [6.07, 6.45) is 0. The third kappa shape index (κ3) is 3.25. The van der Waals surface area contributed by atoms with Crippen LogP contribution in [0.25, 0.3) is 0 Å². The van der Waals surface area contributed by atoms with Gasteiger partial charge in [0.25, 0.3) is 0 Å². The van der Waals surface area contributed by atoms with Gasteiger partial charge in [-0.3, -0.25) is 0 Å². The van der Waals surface area contributed by atoms with E-state index in [1.54, 1.807) is 6.07 Å². The van der Waals surface area contributed by atoms with E-state index in [-0.39, 0.29) is 5.38 Å². The van der Waals surface area contributed by atoms with Crippen molar-refractivity contribution in [2.75, 3.05) is 0 Å². The highest BCUT2D eigenvalue weighted by molar-refractivity contribution is 6.35. The minimum atomic E-state index is -0.239. The summed E-state index contributed by atoms with van der Waals surface area (Å²) in [6.45, 7) is 6.25. The van der Waals surface area contributed by atoms with Crippen LogP contribution in [0.5, 0.6) is 0 Å². The molecular weight excluding hydrogens is 299 g/mol. The van der Waals surface area contributed by atoms with E-state index in [2.05, 4.69) is 32.9 Å². The number of hydrogen-bond donors (Lipinski definition) is 0. The summed E-state index contributed by atoms with van der Waals surface area (Å²) in [5.74, 6) is 0. The molecule has 0 spiro atoms. The molecular formula is C16H15Cl3. The number of alkyl halides is 1. The predicted octanol–water partition coefficient (Wildman–Crippen LogP) is 6.25. The number of aryl methyl sites for hydroxylation is 3. The lowest BCUT2D eigenvalue weighted by atomic mass is 9.94. The van der Waals surface area contributed by atoms with E-state index in [1.807, 2.05) is 12.1 Å². The van der Waals surface area contributed by atoms with E-state index in [4.69, 9.17) is 34.8 Å². The minimum absolute atomic E-state index is 0.239. The van der Waals surface area contributed by atoms with Crippen molar-refractivity contribution in [1.29, 1.82) is 0 Å². The van der Waals surface area contributed by atoms with Gasteiger partial charge < -0.3 is 0 Å². The molecule has 0 heterocycles. The molecule has 0 radical (unpaired) electrons. The third-order valence-corrected chi connectivity index (χ3v) is 4.08. The summed E-state index contributed by atoms with van der Waals surface area (Å²) < 4.78 is 0. The van der Waals surface area contributed by atoms with Crippen LogP contribution < -0.4 is 0 Å². The van der Waals surface area contributed by atoms with Crippen molar-refractivity contribution in [3.05, 3.63) is 68.2 Å². The summed E-state index contributed by atoms with van der Waals surface area (Å²) >= 11 is 18.7. The van der Waals surface area contributed by atoms with Crippen LogP contribution in [-0.2, 0) is 0 Å². The first-order valence-corrected chi connectivity index (χ1v) is 7.25. The molecule has 0 nitrogen and oxygen atoms in total. The molecule has 0 amide bonds. The monoisotopic (exact) mass is 312 g/mol. The van der Waals surface area contributed by atoms with Crippen LogP contribution in [0.1, 0.15) is 33.2 Å². The van der Waals surface area contributed by atoms with Gasteiger partial charge in [0.05, 0.1) is 5.38 Å². The molecule has 3 heteroatoms. The number of benzene rings is 2. The maximum Gasteiger partial charge on any atom is 0.0841 e. The van der Waals surface area contributed by atoms with Crippen LogP contribution in [0, 0.1) is 20.8 Å². The van der Waals surface area contributed by atoms with Crippen LogP contribution in [0.15, 0.2) is 30.3 Å². The first-order chi connectivity index (χ1) is 8.88. The van der Waals surface area contributed by atoms with Crippen molar-refractivity contribution in [2.45, 2.75) is 26.1 Å². The van der Waals surface area contributed by atoms with Gasteiger partial charge in [0.1, 0.15) is 0 Å². The molecule has 0 aliphatic carbocycles. The Hall–Kier alpha value is -0.690. The molecule has 1 atom stereocenters. The van der Waals surface area contributed by atoms with Crippen LogP contribution in [0.4, 0.5) is 0 Å². The molecule has 1 unspecified atom stereocenters. The smallest absolute Gasteiger partial charge is 0.0841 e. The van der Waals surface area contributed by atoms with Gasteiger partial charge in [-0.1, -0.05) is 40.9 Å². The second-order valence-corrected chi connectivity index (χ2v) is 6.19. The zero-order chi connectivity index (χ0) is 14.2. The number of halogens is 3. The Morgan fingerprint density at radius 2 is 1.26 bits per heavy atom. The maximum absolute atomic E-state index is 6.62. The highest BCUT2D eigenvalue weighted by Gasteiger charge is 2.17. The average molecular weight is 314 g/mol. The van der Waals surface area contributed by atoms with Crippen molar-refractivity contribution in [1.82, 2.24) is 0 Å². The Kier molecular flexibility index (Phi) is 4.45. The molecule has 2 rings (SSSR count). The quantitative estimate of drug-likeness (QED) is 0.575. The van der Waals surface area contributed by atoms with E-state index < -0.39 is 0 Å². The fourth-order valence-corrected chi connectivity index (χ4v) is 3.49. The zero-order valence-electron chi connectivity index (χ0n) is 11.1. The fourth-order valence-electron chi connectivity index (χ4n) is 2.48. The lowest BCUT2D eigenvalue weighted by Crippen LogP contribution is -2.00. The zero-order valence-corrected chi connectivity index (χ0v) is 13.4. The number of hydrogen-bond acceptors (Lipinski definition) is 0. The Labute approximate surface area is 129 Å². The van der Waals surface area contributed by atoms with Gasteiger partial charge in [0.2, 0.25) is 0 Å². The molecule has 0 saturated heterocycles. The van der Waals surface area contributed by atoms with Crippen LogP contribution in [0.2, 0.25) is 10.0 Å². The summed E-state index contributed by atoms with van der Waals surface area (Å²) in [4.78, 5) is 0. The second-order valence-electron chi connectivity index (χ2n) is 4.88. The highest BCUT2D eigenvalue weighted by atomic mass is 35.5. The van der Waals surface area contributed by atoms with Gasteiger partial charge in [0, 0.05) is 10.0 Å². The standard InChI is InChI=1S/C16H15Cl3/c1-9-4-10(2)15(11(3)5-9)16(19)12-6-13(17)8-14(18)7-12/h4-8,16H,1-3H3. The van der Waals surface area contributed by atoms with Gasteiger partial charge in [-0.2, -0.15) is 0 Å². The van der Waals surface area contributed by atoms with Crippen molar-refractivity contribution >= 4 is 34.8 Å². The Bertz CT molecular complexity index is 574. The largest absolute Gasteiger partial charge is 0.113 e. The second kappa shape index (κ2) is 5.75. The molecule has 2 aromatic rings. The van der Waals surface area contributed by atoms with Crippen LogP contribution in [-0.4, -0.2) is 0 Å². The SMILES string of the molecule is Cc1cc(C)c(C(Cl)c2cc(Cl)cc(Cl)c2)c(C)c1. The van der Waals surface area contributed by atoms with E-state index in [1.165, 1.54) is 16.7 Å². The average Bonchev–Trinajstić information content (AvgIpc) is 2.25. The summed E-state index contributed by atoms with van der Waals surface area (Å²) in [6, 6.07) is 9.73. The van der Waals surface area contributed by atoms with Crippen LogP contribution >= 0.6 is 34.8 Å². The van der Waals surface area contributed by atoms with Crippen molar-refractivity contribution in [3.63, 3.8) is 0 Å². The predicted molar refractivity (Wildman–Crippen MR) is 84.8 cm³/mol. The normalized spacial score (nSPS) is 12.5. The first-order valence-electron chi connectivity index (χ1n) is 6.06. The molecule has 100 valence electrons. The lowest BCUT2D eigenvalue weighted by molar-refractivity contribution is 1.07. The summed E-state index contributed by atoms with van der Waals surface area (Å²) in [5, 5.41) is 0.975. The molecule has 0 aliphatic heterocycles. The topological polar surface area (TPSA) is 0 Å². The molecule has 2 aromatic carbocycles. The van der Waals surface area contributed by atoms with Crippen molar-refractivity contribution in [2.24, 2.45) is 0 Å². The molecule has 0 fully saturated rings. The molecule has 19 heavy (non-hydrogen) atoms. The summed E-state index contributed by atoms with van der Waals surface area (Å²) in [5.41, 5.74) is 5.67. The molecule has 0 bridgehead atoms. The van der Waals surface area contributed by atoms with Gasteiger partial charge in [-0.05, 0) is 61.2 Å². The highest BCUT2D eigenvalue weighted by Crippen LogP contribution is 2.36. The molecule has 0 aliphatic rings. The molecule has 0 N–H and O–H groups in total. The lowest BCUT2D eigenvalue weighted by Gasteiger charge is -2.17. The van der Waals surface area contributed by atoms with E-state index in [0.717, 1.165) is 11.1 Å². The van der Waals surface area contributed by atoms with E-state index >= 15 is 0 Å². The number of rotatable bonds is 2.